The molecule has 2 nitrogen and oxygen atoms in total. The summed E-state index contributed by atoms with van der Waals surface area (Å²) in [5.74, 6) is -0.345. The highest BCUT2D eigenvalue weighted by molar-refractivity contribution is 5.90. The maximum absolute atomic E-state index is 13.4. The molecule has 0 aromatic heterocycles. The fourth-order valence-electron chi connectivity index (χ4n) is 2.45. The molecule has 3 heteroatoms. The van der Waals surface area contributed by atoms with Crippen LogP contribution in [0.1, 0.15) is 37.7 Å². The van der Waals surface area contributed by atoms with Crippen molar-refractivity contribution in [3.05, 3.63) is 35.6 Å². The van der Waals surface area contributed by atoms with Crippen LogP contribution in [0, 0.1) is 5.82 Å². The van der Waals surface area contributed by atoms with E-state index in [9.17, 15) is 9.18 Å². The first-order chi connectivity index (χ1) is 8.12. The van der Waals surface area contributed by atoms with Crippen LogP contribution < -0.4 is 5.73 Å². The highest BCUT2D eigenvalue weighted by Crippen LogP contribution is 2.28. The molecule has 92 valence electrons. The van der Waals surface area contributed by atoms with Crippen molar-refractivity contribution in [2.24, 2.45) is 5.73 Å². The second-order valence-electron chi connectivity index (χ2n) is 4.91. The van der Waals surface area contributed by atoms with Gasteiger partial charge in [-0.1, -0.05) is 37.5 Å². The third-order valence-electron chi connectivity index (χ3n) is 3.61. The zero-order valence-electron chi connectivity index (χ0n) is 9.92. The van der Waals surface area contributed by atoms with Crippen LogP contribution in [0.15, 0.2) is 24.3 Å². The Morgan fingerprint density at radius 1 is 1.24 bits per heavy atom. The van der Waals surface area contributed by atoms with Gasteiger partial charge in [0.05, 0.1) is 5.54 Å². The van der Waals surface area contributed by atoms with E-state index in [-0.39, 0.29) is 18.0 Å². The Hall–Kier alpha value is -1.22. The molecular weight excluding hydrogens is 217 g/mol. The molecule has 0 aliphatic heterocycles. The van der Waals surface area contributed by atoms with Crippen LogP contribution in [0.25, 0.3) is 0 Å². The van der Waals surface area contributed by atoms with Gasteiger partial charge in [0, 0.05) is 6.42 Å². The molecular formula is C14H18FNO. The minimum Gasteiger partial charge on any atom is -0.319 e. The molecule has 1 aliphatic carbocycles. The average Bonchev–Trinajstić information content (AvgIpc) is 2.33. The summed E-state index contributed by atoms with van der Waals surface area (Å²) in [6.45, 7) is 0. The molecule has 0 unspecified atom stereocenters. The van der Waals surface area contributed by atoms with Crippen LogP contribution in [0.3, 0.4) is 0 Å². The first kappa shape index (κ1) is 12.2. The van der Waals surface area contributed by atoms with Crippen molar-refractivity contribution >= 4 is 5.78 Å². The maximum Gasteiger partial charge on any atom is 0.157 e. The summed E-state index contributed by atoms with van der Waals surface area (Å²) >= 11 is 0. The first-order valence-corrected chi connectivity index (χ1v) is 6.17. The normalized spacial score (nSPS) is 18.9. The van der Waals surface area contributed by atoms with Gasteiger partial charge in [-0.3, -0.25) is 4.79 Å². The topological polar surface area (TPSA) is 43.1 Å². The molecule has 1 fully saturated rings. The molecule has 0 atom stereocenters. The van der Waals surface area contributed by atoms with E-state index < -0.39 is 5.54 Å². The van der Waals surface area contributed by atoms with Gasteiger partial charge in [-0.25, -0.2) is 4.39 Å². The minimum absolute atomic E-state index is 0.0256. The Bertz CT molecular complexity index is 410. The smallest absolute Gasteiger partial charge is 0.157 e. The van der Waals surface area contributed by atoms with Crippen LogP contribution in [0.4, 0.5) is 4.39 Å². The zero-order chi connectivity index (χ0) is 12.3. The van der Waals surface area contributed by atoms with Crippen LogP contribution >= 0.6 is 0 Å². The van der Waals surface area contributed by atoms with E-state index in [1.54, 1.807) is 18.2 Å². The van der Waals surface area contributed by atoms with E-state index in [0.717, 1.165) is 32.1 Å². The number of halogens is 1. The monoisotopic (exact) mass is 235 g/mol. The molecule has 0 saturated heterocycles. The Kier molecular flexibility index (Phi) is 3.57. The summed E-state index contributed by atoms with van der Waals surface area (Å²) in [4.78, 5) is 12.1. The number of hydrogen-bond acceptors (Lipinski definition) is 2. The van der Waals surface area contributed by atoms with Crippen molar-refractivity contribution < 1.29 is 9.18 Å². The highest BCUT2D eigenvalue weighted by Gasteiger charge is 2.34. The van der Waals surface area contributed by atoms with E-state index >= 15 is 0 Å². The number of hydrogen-bond donors (Lipinski definition) is 1. The molecule has 0 radical (unpaired) electrons. The number of nitrogens with two attached hydrogens (primary N) is 1. The Balaban J connectivity index is 2.08. The Morgan fingerprint density at radius 2 is 1.88 bits per heavy atom. The van der Waals surface area contributed by atoms with Crippen LogP contribution in [-0.4, -0.2) is 11.3 Å². The summed E-state index contributed by atoms with van der Waals surface area (Å²) in [5.41, 5.74) is 5.86. The molecule has 17 heavy (non-hydrogen) atoms. The minimum atomic E-state index is -0.722. The van der Waals surface area contributed by atoms with Gasteiger partial charge in [0.25, 0.3) is 0 Å². The largest absolute Gasteiger partial charge is 0.319 e. The fraction of sp³-hybridized carbons (Fsp3) is 0.500. The van der Waals surface area contributed by atoms with Crippen molar-refractivity contribution in [2.75, 3.05) is 0 Å². The number of ketones is 1. The van der Waals surface area contributed by atoms with Gasteiger partial charge in [0.2, 0.25) is 0 Å². The number of rotatable bonds is 3. The van der Waals surface area contributed by atoms with Crippen molar-refractivity contribution in [3.63, 3.8) is 0 Å². The number of carbonyl (C=O) groups is 1. The Morgan fingerprint density at radius 3 is 2.53 bits per heavy atom. The number of carbonyl (C=O) groups excluding carboxylic acids is 1. The van der Waals surface area contributed by atoms with Gasteiger partial charge in [0.1, 0.15) is 5.82 Å². The third kappa shape index (κ3) is 2.72. The molecule has 1 aromatic carbocycles. The Labute approximate surface area is 101 Å². The summed E-state index contributed by atoms with van der Waals surface area (Å²) in [6.07, 6.45) is 4.73. The van der Waals surface area contributed by atoms with Crippen molar-refractivity contribution in [1.29, 1.82) is 0 Å². The quantitative estimate of drug-likeness (QED) is 0.875. The van der Waals surface area contributed by atoms with Gasteiger partial charge >= 0.3 is 0 Å². The van der Waals surface area contributed by atoms with E-state index in [1.807, 2.05) is 0 Å². The molecule has 1 aliphatic rings. The average molecular weight is 235 g/mol. The summed E-state index contributed by atoms with van der Waals surface area (Å²) < 4.78 is 13.4. The lowest BCUT2D eigenvalue weighted by molar-refractivity contribution is -0.124. The van der Waals surface area contributed by atoms with Crippen molar-refractivity contribution in [3.8, 4) is 0 Å². The van der Waals surface area contributed by atoms with Crippen molar-refractivity contribution in [1.82, 2.24) is 0 Å². The number of benzene rings is 1. The van der Waals surface area contributed by atoms with Gasteiger partial charge in [0.15, 0.2) is 5.78 Å². The molecule has 1 saturated carbocycles. The van der Waals surface area contributed by atoms with E-state index in [4.69, 9.17) is 5.73 Å². The predicted octanol–water partition coefficient (Wildman–Crippen LogP) is 2.60. The van der Waals surface area contributed by atoms with E-state index in [1.165, 1.54) is 6.07 Å². The first-order valence-electron chi connectivity index (χ1n) is 6.17. The second-order valence-corrected chi connectivity index (χ2v) is 4.91. The van der Waals surface area contributed by atoms with Crippen LogP contribution in [-0.2, 0) is 11.2 Å². The lowest BCUT2D eigenvalue weighted by Gasteiger charge is -2.31. The molecule has 0 spiro atoms. The lowest BCUT2D eigenvalue weighted by Crippen LogP contribution is -2.50. The molecule has 0 amide bonds. The van der Waals surface area contributed by atoms with Gasteiger partial charge < -0.3 is 5.73 Å². The van der Waals surface area contributed by atoms with Gasteiger partial charge in [-0.05, 0) is 24.5 Å². The summed E-state index contributed by atoms with van der Waals surface area (Å²) in [6, 6.07) is 6.41. The van der Waals surface area contributed by atoms with E-state index in [0.29, 0.717) is 5.56 Å². The molecule has 2 rings (SSSR count). The summed E-state index contributed by atoms with van der Waals surface area (Å²) in [5, 5.41) is 0. The lowest BCUT2D eigenvalue weighted by atomic mass is 9.78. The molecule has 1 aromatic rings. The van der Waals surface area contributed by atoms with E-state index in [2.05, 4.69) is 0 Å². The molecule has 2 N–H and O–H groups in total. The number of Topliss-reactive ketones (excluding diaryl/α,β-unsaturated/α-hetero) is 1. The molecule has 0 bridgehead atoms. The van der Waals surface area contributed by atoms with Crippen LogP contribution in [0.5, 0.6) is 0 Å². The zero-order valence-corrected chi connectivity index (χ0v) is 9.92. The van der Waals surface area contributed by atoms with Gasteiger partial charge in [-0.15, -0.1) is 0 Å². The summed E-state index contributed by atoms with van der Waals surface area (Å²) in [7, 11) is 0. The highest BCUT2D eigenvalue weighted by atomic mass is 19.1. The van der Waals surface area contributed by atoms with Gasteiger partial charge in [-0.2, -0.15) is 0 Å². The van der Waals surface area contributed by atoms with Crippen molar-refractivity contribution in [2.45, 2.75) is 44.1 Å². The molecule has 0 heterocycles. The van der Waals surface area contributed by atoms with Crippen LogP contribution in [0.2, 0.25) is 0 Å². The maximum atomic E-state index is 13.4. The SMILES string of the molecule is NC1(C(=O)Cc2ccccc2F)CCCCC1. The standard InChI is InChI=1S/C14H18FNO/c15-12-7-3-2-6-11(12)10-13(17)14(16)8-4-1-5-9-14/h2-3,6-7H,1,4-5,8-10,16H2. The second kappa shape index (κ2) is 4.96. The predicted molar refractivity (Wildman–Crippen MR) is 65.1 cm³/mol. The fourth-order valence-corrected chi connectivity index (χ4v) is 2.45. The third-order valence-corrected chi connectivity index (χ3v) is 3.61.